The summed E-state index contributed by atoms with van der Waals surface area (Å²) < 4.78 is 11.3. The molecule has 2 heterocycles. The first-order valence-electron chi connectivity index (χ1n) is 8.71. The van der Waals surface area contributed by atoms with Crippen molar-refractivity contribution in [3.05, 3.63) is 52.5 Å². The summed E-state index contributed by atoms with van der Waals surface area (Å²) in [4.78, 5) is 16.1. The second-order valence-electron chi connectivity index (χ2n) is 6.41. The zero-order valence-electron chi connectivity index (χ0n) is 14.5. The van der Waals surface area contributed by atoms with Gasteiger partial charge in [-0.2, -0.15) is 0 Å². The van der Waals surface area contributed by atoms with Gasteiger partial charge in [-0.05, 0) is 55.0 Å². The third-order valence-electron chi connectivity index (χ3n) is 4.87. The molecule has 0 aromatic heterocycles. The number of carbonyl (C=O) groups excluding carboxylic acids is 1. The molecule has 1 unspecified atom stereocenters. The van der Waals surface area contributed by atoms with Crippen LogP contribution in [0.3, 0.4) is 0 Å². The molecule has 1 fully saturated rings. The average molecular weight is 390 g/mol. The molecule has 0 aliphatic carbocycles. The SMILES string of the molecule is CSc1ccc(Cl)c(C(=O)N2CCCC2c2ccc3c(c2)OCCO3)c1. The highest BCUT2D eigenvalue weighted by atomic mass is 35.5. The maximum absolute atomic E-state index is 13.2. The number of carbonyl (C=O) groups is 1. The molecule has 4 nitrogen and oxygen atoms in total. The van der Waals surface area contributed by atoms with Crippen LogP contribution in [0.25, 0.3) is 0 Å². The van der Waals surface area contributed by atoms with E-state index in [-0.39, 0.29) is 11.9 Å². The smallest absolute Gasteiger partial charge is 0.255 e. The van der Waals surface area contributed by atoms with Gasteiger partial charge >= 0.3 is 0 Å². The van der Waals surface area contributed by atoms with E-state index in [1.807, 2.05) is 41.5 Å². The molecule has 0 saturated carbocycles. The topological polar surface area (TPSA) is 38.8 Å². The molecule has 1 saturated heterocycles. The van der Waals surface area contributed by atoms with Crippen molar-refractivity contribution in [2.45, 2.75) is 23.8 Å². The van der Waals surface area contributed by atoms with Crippen molar-refractivity contribution in [1.29, 1.82) is 0 Å². The number of benzene rings is 2. The molecule has 0 radical (unpaired) electrons. The predicted molar refractivity (Wildman–Crippen MR) is 104 cm³/mol. The van der Waals surface area contributed by atoms with E-state index in [1.165, 1.54) is 0 Å². The van der Waals surface area contributed by atoms with Crippen molar-refractivity contribution in [1.82, 2.24) is 4.90 Å². The van der Waals surface area contributed by atoms with Crippen molar-refractivity contribution < 1.29 is 14.3 Å². The number of likely N-dealkylation sites (tertiary alicyclic amines) is 1. The average Bonchev–Trinajstić information content (AvgIpc) is 3.17. The van der Waals surface area contributed by atoms with Gasteiger partial charge in [-0.3, -0.25) is 4.79 Å². The summed E-state index contributed by atoms with van der Waals surface area (Å²) in [5.41, 5.74) is 1.65. The van der Waals surface area contributed by atoms with Crippen LogP contribution in [0, 0.1) is 0 Å². The first-order chi connectivity index (χ1) is 12.7. The van der Waals surface area contributed by atoms with Gasteiger partial charge < -0.3 is 14.4 Å². The minimum atomic E-state index is -0.0108. The van der Waals surface area contributed by atoms with Crippen molar-refractivity contribution >= 4 is 29.3 Å². The lowest BCUT2D eigenvalue weighted by atomic mass is 10.0. The van der Waals surface area contributed by atoms with E-state index < -0.39 is 0 Å². The summed E-state index contributed by atoms with van der Waals surface area (Å²) in [5, 5.41) is 0.501. The Morgan fingerprint density at radius 1 is 1.15 bits per heavy atom. The van der Waals surface area contributed by atoms with E-state index in [1.54, 1.807) is 17.8 Å². The van der Waals surface area contributed by atoms with E-state index in [0.29, 0.717) is 23.8 Å². The fraction of sp³-hybridized carbons (Fsp3) is 0.350. The molecule has 26 heavy (non-hydrogen) atoms. The number of thioether (sulfide) groups is 1. The molecule has 0 spiro atoms. The lowest BCUT2D eigenvalue weighted by Gasteiger charge is -2.27. The van der Waals surface area contributed by atoms with Gasteiger partial charge in [0.2, 0.25) is 0 Å². The molecular weight excluding hydrogens is 370 g/mol. The Balaban J connectivity index is 1.63. The van der Waals surface area contributed by atoms with E-state index in [2.05, 4.69) is 0 Å². The summed E-state index contributed by atoms with van der Waals surface area (Å²) in [6, 6.07) is 11.6. The molecular formula is C20H20ClNO3S. The summed E-state index contributed by atoms with van der Waals surface area (Å²) in [7, 11) is 0. The largest absolute Gasteiger partial charge is 0.486 e. The van der Waals surface area contributed by atoms with Crippen LogP contribution in [-0.4, -0.2) is 36.8 Å². The van der Waals surface area contributed by atoms with E-state index in [0.717, 1.165) is 41.3 Å². The Labute approximate surface area is 162 Å². The quantitative estimate of drug-likeness (QED) is 0.706. The zero-order chi connectivity index (χ0) is 18.1. The highest BCUT2D eigenvalue weighted by Gasteiger charge is 2.32. The van der Waals surface area contributed by atoms with Crippen molar-refractivity contribution in [2.24, 2.45) is 0 Å². The van der Waals surface area contributed by atoms with Crippen LogP contribution >= 0.6 is 23.4 Å². The van der Waals surface area contributed by atoms with Crippen LogP contribution in [-0.2, 0) is 0 Å². The monoisotopic (exact) mass is 389 g/mol. The molecule has 2 aromatic carbocycles. The molecule has 2 aromatic rings. The third-order valence-corrected chi connectivity index (χ3v) is 5.92. The minimum Gasteiger partial charge on any atom is -0.486 e. The summed E-state index contributed by atoms with van der Waals surface area (Å²) in [6.45, 7) is 1.86. The number of amides is 1. The number of fused-ring (bicyclic) bond motifs is 1. The fourth-order valence-corrected chi connectivity index (χ4v) is 4.21. The van der Waals surface area contributed by atoms with Crippen molar-refractivity contribution in [2.75, 3.05) is 26.0 Å². The fourth-order valence-electron chi connectivity index (χ4n) is 3.57. The molecule has 1 atom stereocenters. The van der Waals surface area contributed by atoms with Gasteiger partial charge in [0.1, 0.15) is 13.2 Å². The summed E-state index contributed by atoms with van der Waals surface area (Å²) >= 11 is 7.93. The molecule has 0 N–H and O–H groups in total. The molecule has 1 amide bonds. The summed E-state index contributed by atoms with van der Waals surface area (Å²) in [5.74, 6) is 1.52. The second-order valence-corrected chi connectivity index (χ2v) is 7.69. The Kier molecular flexibility index (Phi) is 5.00. The highest BCUT2D eigenvalue weighted by molar-refractivity contribution is 7.98. The molecule has 4 rings (SSSR count). The highest BCUT2D eigenvalue weighted by Crippen LogP contribution is 2.39. The van der Waals surface area contributed by atoms with Gasteiger partial charge in [-0.1, -0.05) is 17.7 Å². The zero-order valence-corrected chi connectivity index (χ0v) is 16.1. The first kappa shape index (κ1) is 17.6. The number of hydrogen-bond donors (Lipinski definition) is 0. The predicted octanol–water partition coefficient (Wildman–Crippen LogP) is 4.81. The van der Waals surface area contributed by atoms with Crippen molar-refractivity contribution in [3.63, 3.8) is 0 Å². The van der Waals surface area contributed by atoms with Crippen LogP contribution in [0.1, 0.15) is 34.8 Å². The van der Waals surface area contributed by atoms with Gasteiger partial charge in [0, 0.05) is 11.4 Å². The molecule has 136 valence electrons. The standard InChI is InChI=1S/C20H20ClNO3S/c1-26-14-5-6-16(21)15(12-14)20(23)22-8-2-3-17(22)13-4-7-18-19(11-13)25-10-9-24-18/h4-7,11-12,17H,2-3,8-10H2,1H3. The Morgan fingerprint density at radius 2 is 1.96 bits per heavy atom. The minimum absolute atomic E-state index is 0.0108. The second kappa shape index (κ2) is 7.41. The van der Waals surface area contributed by atoms with E-state index in [9.17, 15) is 4.79 Å². The molecule has 6 heteroatoms. The Morgan fingerprint density at radius 3 is 2.77 bits per heavy atom. The van der Waals surface area contributed by atoms with Gasteiger partial charge in [-0.25, -0.2) is 0 Å². The Hall–Kier alpha value is -1.85. The van der Waals surface area contributed by atoms with Crippen LogP contribution in [0.15, 0.2) is 41.3 Å². The maximum atomic E-state index is 13.2. The number of hydrogen-bond acceptors (Lipinski definition) is 4. The van der Waals surface area contributed by atoms with Crippen LogP contribution < -0.4 is 9.47 Å². The van der Waals surface area contributed by atoms with Crippen LogP contribution in [0.5, 0.6) is 11.5 Å². The molecule has 2 aliphatic rings. The lowest BCUT2D eigenvalue weighted by Crippen LogP contribution is -2.31. The molecule has 0 bridgehead atoms. The van der Waals surface area contributed by atoms with Crippen molar-refractivity contribution in [3.8, 4) is 11.5 Å². The van der Waals surface area contributed by atoms with Crippen LogP contribution in [0.2, 0.25) is 5.02 Å². The van der Waals surface area contributed by atoms with Gasteiger partial charge in [0.25, 0.3) is 5.91 Å². The van der Waals surface area contributed by atoms with E-state index in [4.69, 9.17) is 21.1 Å². The number of rotatable bonds is 3. The maximum Gasteiger partial charge on any atom is 0.255 e. The van der Waals surface area contributed by atoms with Gasteiger partial charge in [-0.15, -0.1) is 11.8 Å². The number of halogens is 1. The first-order valence-corrected chi connectivity index (χ1v) is 10.3. The third kappa shape index (κ3) is 3.26. The lowest BCUT2D eigenvalue weighted by molar-refractivity contribution is 0.0735. The summed E-state index contributed by atoms with van der Waals surface area (Å²) in [6.07, 6.45) is 3.90. The molecule has 2 aliphatic heterocycles. The number of ether oxygens (including phenoxy) is 2. The Bertz CT molecular complexity index is 842. The van der Waals surface area contributed by atoms with Gasteiger partial charge in [0.05, 0.1) is 16.6 Å². The van der Waals surface area contributed by atoms with Gasteiger partial charge in [0.15, 0.2) is 11.5 Å². The van der Waals surface area contributed by atoms with E-state index >= 15 is 0 Å². The number of nitrogens with zero attached hydrogens (tertiary/aromatic N) is 1. The normalized spacial score (nSPS) is 18.8. The van der Waals surface area contributed by atoms with Crippen LogP contribution in [0.4, 0.5) is 0 Å².